The minimum Gasteiger partial charge on any atom is -0.366 e. The fraction of sp³-hybridized carbons (Fsp3) is 0.278. The van der Waals surface area contributed by atoms with Crippen LogP contribution < -0.4 is 5.32 Å². The second-order valence-corrected chi connectivity index (χ2v) is 5.90. The van der Waals surface area contributed by atoms with Gasteiger partial charge >= 0.3 is 0 Å². The van der Waals surface area contributed by atoms with E-state index in [2.05, 4.69) is 10.3 Å². The lowest BCUT2D eigenvalue weighted by atomic mass is 10.1. The Hall–Kier alpha value is -2.07. The molecule has 0 heterocycles. The van der Waals surface area contributed by atoms with Gasteiger partial charge in [0.05, 0.1) is 28.4 Å². The summed E-state index contributed by atoms with van der Waals surface area (Å²) in [6.07, 6.45) is 1.73. The molecule has 0 spiro atoms. The maximum absolute atomic E-state index is 14.2. The average molecular weight is 334 g/mol. The van der Waals surface area contributed by atoms with Crippen molar-refractivity contribution in [3.05, 3.63) is 52.3 Å². The molecule has 0 atom stereocenters. The third kappa shape index (κ3) is 4.23. The minimum atomic E-state index is -0.277. The maximum Gasteiger partial charge on any atom is 0.149 e. The quantitative estimate of drug-likeness (QED) is 0.582. The number of rotatable bonds is 5. The number of nitrogens with zero attached hydrogens (tertiary/aromatic N) is 2. The van der Waals surface area contributed by atoms with Gasteiger partial charge in [-0.1, -0.05) is 23.7 Å². The topological polar surface area (TPSA) is 27.6 Å². The predicted molar refractivity (Wildman–Crippen MR) is 97.1 cm³/mol. The highest BCUT2D eigenvalue weighted by molar-refractivity contribution is 6.36. The van der Waals surface area contributed by atoms with Crippen molar-refractivity contribution in [2.24, 2.45) is 4.99 Å². The van der Waals surface area contributed by atoms with E-state index in [9.17, 15) is 4.39 Å². The third-order valence-electron chi connectivity index (χ3n) is 3.55. The van der Waals surface area contributed by atoms with Gasteiger partial charge in [0, 0.05) is 13.6 Å². The van der Waals surface area contributed by atoms with Crippen molar-refractivity contribution in [2.45, 2.75) is 20.8 Å². The van der Waals surface area contributed by atoms with Gasteiger partial charge in [0.25, 0.3) is 0 Å². The molecule has 0 aromatic heterocycles. The number of halogens is 2. The van der Waals surface area contributed by atoms with Crippen LogP contribution in [0.3, 0.4) is 0 Å². The number of hydrogen-bond donors (Lipinski definition) is 1. The highest BCUT2D eigenvalue weighted by atomic mass is 35.5. The molecule has 0 aliphatic rings. The molecule has 122 valence electrons. The number of hydrogen-bond acceptors (Lipinski definition) is 2. The van der Waals surface area contributed by atoms with Gasteiger partial charge < -0.3 is 10.2 Å². The van der Waals surface area contributed by atoms with Crippen molar-refractivity contribution in [1.82, 2.24) is 4.90 Å². The summed E-state index contributed by atoms with van der Waals surface area (Å²) in [4.78, 5) is 6.37. The Morgan fingerprint density at radius 3 is 2.70 bits per heavy atom. The molecule has 0 radical (unpaired) electrons. The molecule has 0 aliphatic carbocycles. The molecule has 0 amide bonds. The lowest BCUT2D eigenvalue weighted by molar-refractivity contribution is 0.552. The van der Waals surface area contributed by atoms with Gasteiger partial charge in [0.15, 0.2) is 0 Å². The molecule has 0 aliphatic heterocycles. The van der Waals surface area contributed by atoms with Gasteiger partial charge in [0.2, 0.25) is 0 Å². The molecular formula is C18H21ClFN3. The smallest absolute Gasteiger partial charge is 0.149 e. The van der Waals surface area contributed by atoms with Crippen LogP contribution in [0.1, 0.15) is 18.1 Å². The molecule has 0 saturated carbocycles. The number of anilines is 2. The monoisotopic (exact) mass is 333 g/mol. The molecule has 5 heteroatoms. The summed E-state index contributed by atoms with van der Waals surface area (Å²) >= 11 is 6.43. The average Bonchev–Trinajstić information content (AvgIpc) is 2.53. The van der Waals surface area contributed by atoms with Crippen molar-refractivity contribution in [1.29, 1.82) is 0 Å². The number of aryl methyl sites for hydroxylation is 2. The van der Waals surface area contributed by atoms with Crippen molar-refractivity contribution in [3.8, 4) is 0 Å². The molecule has 0 saturated heterocycles. The molecule has 0 bridgehead atoms. The summed E-state index contributed by atoms with van der Waals surface area (Å²) in [7, 11) is 1.94. The third-order valence-corrected chi connectivity index (χ3v) is 3.95. The van der Waals surface area contributed by atoms with Crippen LogP contribution in [0.4, 0.5) is 21.5 Å². The predicted octanol–water partition coefficient (Wildman–Crippen LogP) is 5.45. The van der Waals surface area contributed by atoms with Crippen LogP contribution in [0.2, 0.25) is 5.02 Å². The zero-order valence-corrected chi connectivity index (χ0v) is 14.6. The zero-order valence-electron chi connectivity index (χ0n) is 13.8. The molecule has 0 unspecified atom stereocenters. The van der Waals surface area contributed by atoms with Crippen molar-refractivity contribution >= 4 is 35.0 Å². The summed E-state index contributed by atoms with van der Waals surface area (Å²) in [5.41, 5.74) is 3.28. The summed E-state index contributed by atoms with van der Waals surface area (Å²) in [6.45, 7) is 6.58. The van der Waals surface area contributed by atoms with Crippen molar-refractivity contribution < 1.29 is 4.39 Å². The fourth-order valence-corrected chi connectivity index (χ4v) is 2.27. The summed E-state index contributed by atoms with van der Waals surface area (Å²) in [5.74, 6) is -0.277. The van der Waals surface area contributed by atoms with E-state index < -0.39 is 0 Å². The normalized spacial score (nSPS) is 11.0. The van der Waals surface area contributed by atoms with Crippen LogP contribution in [0.25, 0.3) is 0 Å². The Labute approximate surface area is 141 Å². The van der Waals surface area contributed by atoms with E-state index in [4.69, 9.17) is 11.6 Å². The molecule has 0 fully saturated rings. The first kappa shape index (κ1) is 17.3. The second-order valence-electron chi connectivity index (χ2n) is 5.52. The van der Waals surface area contributed by atoms with E-state index >= 15 is 0 Å². The van der Waals surface area contributed by atoms with Gasteiger partial charge in [-0.05, 0) is 50.1 Å². The molecule has 1 N–H and O–H groups in total. The molecular weight excluding hydrogens is 313 g/mol. The standard InChI is InChI=1S/C18H21ClFN3/c1-5-23(4)11-21-15-9-12(2)10-16(17(15)19)22-14-8-6-7-13(3)18(14)20/h6-11,22H,5H2,1-4H3/b21-11-. The van der Waals surface area contributed by atoms with Crippen molar-refractivity contribution in [3.63, 3.8) is 0 Å². The summed E-state index contributed by atoms with van der Waals surface area (Å²) < 4.78 is 14.2. The summed E-state index contributed by atoms with van der Waals surface area (Å²) in [5, 5.41) is 3.54. The second kappa shape index (κ2) is 7.47. The Balaban J connectivity index is 2.38. The molecule has 3 nitrogen and oxygen atoms in total. The Kier molecular flexibility index (Phi) is 5.61. The minimum absolute atomic E-state index is 0.277. The van der Waals surface area contributed by atoms with Crippen LogP contribution in [0.5, 0.6) is 0 Å². The first-order valence-electron chi connectivity index (χ1n) is 7.49. The first-order chi connectivity index (χ1) is 10.9. The number of nitrogens with one attached hydrogen (secondary N) is 1. The fourth-order valence-electron chi connectivity index (χ4n) is 2.07. The van der Waals surface area contributed by atoms with E-state index in [1.807, 2.05) is 37.9 Å². The van der Waals surface area contributed by atoms with E-state index in [1.165, 1.54) is 0 Å². The molecule has 2 rings (SSSR count). The van der Waals surface area contributed by atoms with Crippen molar-refractivity contribution in [2.75, 3.05) is 18.9 Å². The molecule has 23 heavy (non-hydrogen) atoms. The highest BCUT2D eigenvalue weighted by Gasteiger charge is 2.11. The van der Waals surface area contributed by atoms with Crippen LogP contribution in [-0.4, -0.2) is 24.8 Å². The van der Waals surface area contributed by atoms with Crippen LogP contribution in [0.15, 0.2) is 35.3 Å². The van der Waals surface area contributed by atoms with E-state index in [-0.39, 0.29) is 5.82 Å². The lowest BCUT2D eigenvalue weighted by Crippen LogP contribution is -2.14. The SMILES string of the molecule is CCN(C)/C=N\c1cc(C)cc(Nc2cccc(C)c2F)c1Cl. The largest absolute Gasteiger partial charge is 0.366 e. The Morgan fingerprint density at radius 1 is 1.26 bits per heavy atom. The van der Waals surface area contributed by atoms with Gasteiger partial charge in [-0.2, -0.15) is 0 Å². The zero-order chi connectivity index (χ0) is 17.0. The van der Waals surface area contributed by atoms with Crippen LogP contribution in [-0.2, 0) is 0 Å². The Morgan fingerprint density at radius 2 is 2.00 bits per heavy atom. The van der Waals surface area contributed by atoms with E-state index in [0.29, 0.717) is 27.6 Å². The van der Waals surface area contributed by atoms with Gasteiger partial charge in [-0.3, -0.25) is 0 Å². The maximum atomic E-state index is 14.2. The summed E-state index contributed by atoms with van der Waals surface area (Å²) in [6, 6.07) is 9.01. The first-order valence-corrected chi connectivity index (χ1v) is 7.87. The van der Waals surface area contributed by atoms with Crippen LogP contribution in [0, 0.1) is 19.7 Å². The van der Waals surface area contributed by atoms with Gasteiger partial charge in [0.1, 0.15) is 5.82 Å². The molecule has 2 aromatic rings. The van der Waals surface area contributed by atoms with Gasteiger partial charge in [-0.15, -0.1) is 0 Å². The van der Waals surface area contributed by atoms with E-state index in [0.717, 1.165) is 12.1 Å². The number of aliphatic imine (C=N–C) groups is 1. The number of benzene rings is 2. The lowest BCUT2D eigenvalue weighted by Gasteiger charge is -2.14. The Bertz CT molecular complexity index is 728. The van der Waals surface area contributed by atoms with Gasteiger partial charge in [-0.25, -0.2) is 9.38 Å². The van der Waals surface area contributed by atoms with E-state index in [1.54, 1.807) is 31.5 Å². The highest BCUT2D eigenvalue weighted by Crippen LogP contribution is 2.36. The molecule has 2 aromatic carbocycles. The van der Waals surface area contributed by atoms with Crippen LogP contribution >= 0.6 is 11.6 Å².